The number of likely N-dealkylation sites (N-methyl/N-ethyl adjacent to an activating group) is 1. The zero-order valence-electron chi connectivity index (χ0n) is 11.2. The summed E-state index contributed by atoms with van der Waals surface area (Å²) in [6.07, 6.45) is 1.73. The van der Waals surface area contributed by atoms with Crippen LogP contribution in [0, 0.1) is 0 Å². The number of carboxylic acids is 1. The lowest BCUT2D eigenvalue weighted by Crippen LogP contribution is -2.37. The quantitative estimate of drug-likeness (QED) is 0.877. The van der Waals surface area contributed by atoms with Crippen molar-refractivity contribution in [2.24, 2.45) is 0 Å². The highest BCUT2D eigenvalue weighted by Gasteiger charge is 2.25. The van der Waals surface area contributed by atoms with Crippen LogP contribution in [0.3, 0.4) is 0 Å². The van der Waals surface area contributed by atoms with E-state index < -0.39 is 5.97 Å². The molecule has 1 N–H and O–H groups in total. The number of ether oxygens (including phenoxy) is 1. The summed E-state index contributed by atoms with van der Waals surface area (Å²) >= 11 is 1.42. The summed E-state index contributed by atoms with van der Waals surface area (Å²) in [5.41, 5.74) is 0.209. The van der Waals surface area contributed by atoms with Gasteiger partial charge in [0.05, 0.1) is 12.6 Å². The normalized spacial score (nSPS) is 12.8. The van der Waals surface area contributed by atoms with Crippen molar-refractivity contribution in [3.8, 4) is 0 Å². The third-order valence-electron chi connectivity index (χ3n) is 3.00. The van der Waals surface area contributed by atoms with Crippen LogP contribution in [0.1, 0.15) is 24.3 Å². The fourth-order valence-corrected chi connectivity index (χ4v) is 2.88. The van der Waals surface area contributed by atoms with Gasteiger partial charge in [-0.05, 0) is 13.8 Å². The third-order valence-corrected chi connectivity index (χ3v) is 3.76. The number of carboxylic acid groups (broad SMARTS) is 1. The molecule has 104 valence electrons. The molecule has 0 aliphatic heterocycles. The Labute approximate surface area is 115 Å². The molecule has 0 radical (unpaired) electrons. The molecule has 6 nitrogen and oxygen atoms in total. The Morgan fingerprint density at radius 2 is 2.42 bits per heavy atom. The molecule has 19 heavy (non-hydrogen) atoms. The summed E-state index contributed by atoms with van der Waals surface area (Å²) in [6.45, 7) is 5.17. The monoisotopic (exact) mass is 283 g/mol. The molecule has 0 aliphatic rings. The molecule has 0 bridgehead atoms. The van der Waals surface area contributed by atoms with Gasteiger partial charge in [-0.1, -0.05) is 0 Å². The Kier molecular flexibility index (Phi) is 4.06. The van der Waals surface area contributed by atoms with E-state index in [9.17, 15) is 9.90 Å². The molecular formula is C12H17N3O3S. The summed E-state index contributed by atoms with van der Waals surface area (Å²) in [5, 5.41) is 11.2. The number of hydrogen-bond donors (Lipinski definition) is 1. The Morgan fingerprint density at radius 1 is 1.68 bits per heavy atom. The Morgan fingerprint density at radius 3 is 3.00 bits per heavy atom. The van der Waals surface area contributed by atoms with Crippen molar-refractivity contribution in [2.75, 3.05) is 25.2 Å². The van der Waals surface area contributed by atoms with E-state index >= 15 is 0 Å². The largest absolute Gasteiger partial charge is 0.476 e. The van der Waals surface area contributed by atoms with Gasteiger partial charge in [0.15, 0.2) is 16.5 Å². The molecule has 0 saturated carbocycles. The van der Waals surface area contributed by atoms with Crippen LogP contribution in [0.2, 0.25) is 0 Å². The Bertz CT molecular complexity index is 578. The van der Waals surface area contributed by atoms with E-state index in [0.29, 0.717) is 23.9 Å². The maximum Gasteiger partial charge on any atom is 0.356 e. The Hall–Kier alpha value is -1.60. The summed E-state index contributed by atoms with van der Waals surface area (Å²) < 4.78 is 6.76. The molecule has 2 heterocycles. The second kappa shape index (κ2) is 5.58. The second-order valence-electron chi connectivity index (χ2n) is 4.24. The number of aromatic nitrogens is 2. The Balaban J connectivity index is 2.50. The number of nitrogens with zero attached hydrogens (tertiary/aromatic N) is 3. The van der Waals surface area contributed by atoms with E-state index in [1.165, 1.54) is 11.3 Å². The molecule has 1 atom stereocenters. The van der Waals surface area contributed by atoms with Gasteiger partial charge in [0.25, 0.3) is 0 Å². The standard InChI is InChI=1S/C12H17N3O3S/c1-4-14(8(2)7-18-3)10-9(11(16)17)15-5-6-19-12(15)13-10/h5-6,8H,4,7H2,1-3H3,(H,16,17). The first kappa shape index (κ1) is 13.8. The summed E-state index contributed by atoms with van der Waals surface area (Å²) in [7, 11) is 1.63. The van der Waals surface area contributed by atoms with Gasteiger partial charge in [-0.3, -0.25) is 4.40 Å². The average Bonchev–Trinajstić information content (AvgIpc) is 2.89. The van der Waals surface area contributed by atoms with Gasteiger partial charge in [0.2, 0.25) is 0 Å². The van der Waals surface area contributed by atoms with Gasteiger partial charge in [-0.25, -0.2) is 9.78 Å². The zero-order valence-corrected chi connectivity index (χ0v) is 12.0. The maximum absolute atomic E-state index is 11.5. The van der Waals surface area contributed by atoms with Crippen LogP contribution in [0.25, 0.3) is 4.96 Å². The average molecular weight is 283 g/mol. The topological polar surface area (TPSA) is 67.1 Å². The molecule has 0 aromatic carbocycles. The van der Waals surface area contributed by atoms with Crippen molar-refractivity contribution >= 4 is 28.1 Å². The first-order valence-electron chi connectivity index (χ1n) is 6.04. The minimum Gasteiger partial charge on any atom is -0.476 e. The summed E-state index contributed by atoms with van der Waals surface area (Å²) in [6, 6.07) is 0.0673. The lowest BCUT2D eigenvalue weighted by atomic mass is 10.2. The minimum absolute atomic E-state index is 0.0673. The molecule has 2 aromatic rings. The van der Waals surface area contributed by atoms with Crippen LogP contribution in [0.15, 0.2) is 11.6 Å². The minimum atomic E-state index is -0.969. The molecule has 0 fully saturated rings. The van der Waals surface area contributed by atoms with Crippen LogP contribution in [-0.2, 0) is 4.74 Å². The first-order valence-corrected chi connectivity index (χ1v) is 6.92. The molecule has 7 heteroatoms. The number of fused-ring (bicyclic) bond motifs is 1. The van der Waals surface area contributed by atoms with Crippen molar-refractivity contribution in [2.45, 2.75) is 19.9 Å². The van der Waals surface area contributed by atoms with Crippen molar-refractivity contribution in [1.82, 2.24) is 9.38 Å². The number of methoxy groups -OCH3 is 1. The number of rotatable bonds is 6. The van der Waals surface area contributed by atoms with E-state index in [2.05, 4.69) is 4.98 Å². The van der Waals surface area contributed by atoms with Gasteiger partial charge in [0, 0.05) is 25.2 Å². The van der Waals surface area contributed by atoms with Gasteiger partial charge in [-0.2, -0.15) is 0 Å². The van der Waals surface area contributed by atoms with Gasteiger partial charge in [0.1, 0.15) is 0 Å². The van der Waals surface area contributed by atoms with Gasteiger partial charge >= 0.3 is 5.97 Å². The highest BCUT2D eigenvalue weighted by molar-refractivity contribution is 7.15. The molecule has 2 rings (SSSR count). The van der Waals surface area contributed by atoms with Gasteiger partial charge < -0.3 is 14.7 Å². The fourth-order valence-electron chi connectivity index (χ4n) is 2.17. The molecule has 0 amide bonds. The summed E-state index contributed by atoms with van der Waals surface area (Å²) in [4.78, 5) is 18.6. The van der Waals surface area contributed by atoms with Crippen LogP contribution in [0.4, 0.5) is 5.82 Å². The maximum atomic E-state index is 11.5. The molecular weight excluding hydrogens is 266 g/mol. The molecule has 1 unspecified atom stereocenters. The van der Waals surface area contributed by atoms with E-state index in [4.69, 9.17) is 4.74 Å². The number of thiazole rings is 1. The first-order chi connectivity index (χ1) is 9.10. The van der Waals surface area contributed by atoms with Crippen LogP contribution in [-0.4, -0.2) is 46.8 Å². The second-order valence-corrected chi connectivity index (χ2v) is 5.11. The third kappa shape index (κ3) is 2.43. The van der Waals surface area contributed by atoms with Crippen molar-refractivity contribution in [3.63, 3.8) is 0 Å². The van der Waals surface area contributed by atoms with E-state index in [1.807, 2.05) is 24.1 Å². The molecule has 0 aliphatic carbocycles. The lowest BCUT2D eigenvalue weighted by molar-refractivity contribution is 0.0690. The highest BCUT2D eigenvalue weighted by Crippen LogP contribution is 2.26. The number of anilines is 1. The summed E-state index contributed by atoms with van der Waals surface area (Å²) in [5.74, 6) is -0.463. The van der Waals surface area contributed by atoms with E-state index in [0.717, 1.165) is 0 Å². The molecule has 0 spiro atoms. The van der Waals surface area contributed by atoms with E-state index in [-0.39, 0.29) is 11.7 Å². The van der Waals surface area contributed by atoms with Crippen molar-refractivity contribution in [1.29, 1.82) is 0 Å². The smallest absolute Gasteiger partial charge is 0.356 e. The van der Waals surface area contributed by atoms with Crippen molar-refractivity contribution < 1.29 is 14.6 Å². The predicted octanol–water partition coefficient (Wildman–Crippen LogP) is 1.96. The van der Waals surface area contributed by atoms with Crippen LogP contribution >= 0.6 is 11.3 Å². The number of imidazole rings is 1. The van der Waals surface area contributed by atoms with Crippen molar-refractivity contribution in [3.05, 3.63) is 17.3 Å². The predicted molar refractivity (Wildman–Crippen MR) is 74.4 cm³/mol. The van der Waals surface area contributed by atoms with Crippen LogP contribution in [0.5, 0.6) is 0 Å². The lowest BCUT2D eigenvalue weighted by Gasteiger charge is -2.27. The fraction of sp³-hybridized carbons (Fsp3) is 0.500. The highest BCUT2D eigenvalue weighted by atomic mass is 32.1. The number of hydrogen-bond acceptors (Lipinski definition) is 5. The van der Waals surface area contributed by atoms with Gasteiger partial charge in [-0.15, -0.1) is 11.3 Å². The SMILES string of the molecule is CCN(c1nc2sccn2c1C(=O)O)C(C)COC. The van der Waals surface area contributed by atoms with Crippen LogP contribution < -0.4 is 4.90 Å². The number of carbonyl (C=O) groups is 1. The number of aromatic carboxylic acids is 1. The molecule has 0 saturated heterocycles. The molecule has 2 aromatic heterocycles. The zero-order chi connectivity index (χ0) is 14.0. The van der Waals surface area contributed by atoms with E-state index in [1.54, 1.807) is 17.7 Å².